The van der Waals surface area contributed by atoms with Crippen molar-refractivity contribution in [1.29, 1.82) is 0 Å². The molecule has 112 valence electrons. The molecule has 1 nitrogen and oxygen atoms in total. The van der Waals surface area contributed by atoms with Crippen LogP contribution in [-0.4, -0.2) is 6.54 Å². The van der Waals surface area contributed by atoms with E-state index >= 15 is 0 Å². The molecule has 0 aliphatic rings. The lowest BCUT2D eigenvalue weighted by Crippen LogP contribution is -2.25. The molecule has 1 atom stereocenters. The normalized spacial score (nSPS) is 12.4. The van der Waals surface area contributed by atoms with E-state index < -0.39 is 0 Å². The van der Waals surface area contributed by atoms with Crippen LogP contribution in [0.15, 0.2) is 46.9 Å². The fourth-order valence-electron chi connectivity index (χ4n) is 2.28. The van der Waals surface area contributed by atoms with E-state index in [4.69, 9.17) is 11.6 Å². The Morgan fingerprint density at radius 2 is 2.00 bits per heavy atom. The number of halogens is 3. The Morgan fingerprint density at radius 1 is 1.24 bits per heavy atom. The minimum Gasteiger partial charge on any atom is -0.310 e. The molecule has 21 heavy (non-hydrogen) atoms. The van der Waals surface area contributed by atoms with Crippen LogP contribution in [0, 0.1) is 3.57 Å². The summed E-state index contributed by atoms with van der Waals surface area (Å²) in [5, 5.41) is 4.44. The van der Waals surface area contributed by atoms with Crippen molar-refractivity contribution in [2.24, 2.45) is 0 Å². The van der Waals surface area contributed by atoms with Gasteiger partial charge in [-0.1, -0.05) is 52.7 Å². The Labute approximate surface area is 153 Å². The first-order valence-electron chi connectivity index (χ1n) is 7.03. The second kappa shape index (κ2) is 8.51. The summed E-state index contributed by atoms with van der Waals surface area (Å²) in [5.41, 5.74) is 2.58. The fourth-order valence-corrected chi connectivity index (χ4v) is 3.61. The lowest BCUT2D eigenvalue weighted by atomic mass is 9.98. The third-order valence-corrected chi connectivity index (χ3v) is 5.35. The Hall–Kier alpha value is -0.100. The fraction of sp³-hybridized carbons (Fsp3) is 0.294. The summed E-state index contributed by atoms with van der Waals surface area (Å²) in [6, 6.07) is 14.8. The molecule has 4 heteroatoms. The van der Waals surface area contributed by atoms with Crippen molar-refractivity contribution < 1.29 is 0 Å². The van der Waals surface area contributed by atoms with Crippen molar-refractivity contribution in [3.63, 3.8) is 0 Å². The molecule has 2 rings (SSSR count). The van der Waals surface area contributed by atoms with E-state index in [1.54, 1.807) is 0 Å². The molecule has 0 aliphatic carbocycles. The number of hydrogen-bond acceptors (Lipinski definition) is 1. The number of hydrogen-bond donors (Lipinski definition) is 1. The van der Waals surface area contributed by atoms with E-state index in [0.29, 0.717) is 0 Å². The lowest BCUT2D eigenvalue weighted by molar-refractivity contribution is 0.527. The number of rotatable bonds is 6. The highest BCUT2D eigenvalue weighted by molar-refractivity contribution is 14.1. The van der Waals surface area contributed by atoms with E-state index in [-0.39, 0.29) is 6.04 Å². The highest BCUT2D eigenvalue weighted by Crippen LogP contribution is 2.28. The lowest BCUT2D eigenvalue weighted by Gasteiger charge is -2.21. The van der Waals surface area contributed by atoms with Gasteiger partial charge in [0.25, 0.3) is 0 Å². The van der Waals surface area contributed by atoms with Crippen LogP contribution in [0.2, 0.25) is 5.02 Å². The molecule has 2 aromatic carbocycles. The average molecular weight is 479 g/mol. The van der Waals surface area contributed by atoms with Crippen LogP contribution in [0.3, 0.4) is 0 Å². The molecule has 1 N–H and O–H groups in total. The summed E-state index contributed by atoms with van der Waals surface area (Å²) in [6.07, 6.45) is 2.06. The zero-order valence-corrected chi connectivity index (χ0v) is 16.4. The van der Waals surface area contributed by atoms with E-state index in [1.807, 2.05) is 12.1 Å². The highest BCUT2D eigenvalue weighted by Gasteiger charge is 2.16. The standard InChI is InChI=1S/C17H18BrClIN/c1-2-9-21-17(10-12-5-3-4-6-15(12)18)14-11-13(19)7-8-16(14)20/h3-8,11,17,21H,2,9-10H2,1H3. The Bertz CT molecular complexity index is 603. The van der Waals surface area contributed by atoms with Crippen molar-refractivity contribution in [1.82, 2.24) is 5.32 Å². The van der Waals surface area contributed by atoms with Crippen LogP contribution < -0.4 is 5.32 Å². The maximum atomic E-state index is 6.19. The molecule has 2 aromatic rings. The average Bonchev–Trinajstić information content (AvgIpc) is 2.48. The Kier molecular flexibility index (Phi) is 6.99. The summed E-state index contributed by atoms with van der Waals surface area (Å²) in [5.74, 6) is 0. The molecule has 0 bridgehead atoms. The molecule has 0 fully saturated rings. The molecule has 0 spiro atoms. The first-order valence-corrected chi connectivity index (χ1v) is 9.28. The summed E-state index contributed by atoms with van der Waals surface area (Å²) >= 11 is 12.2. The first kappa shape index (κ1) is 17.3. The van der Waals surface area contributed by atoms with Gasteiger partial charge in [-0.25, -0.2) is 0 Å². The Balaban J connectivity index is 2.30. The second-order valence-electron chi connectivity index (χ2n) is 4.97. The quantitative estimate of drug-likeness (QED) is 0.503. The van der Waals surface area contributed by atoms with Gasteiger partial charge in [-0.3, -0.25) is 0 Å². The van der Waals surface area contributed by atoms with Crippen molar-refractivity contribution >= 4 is 50.1 Å². The number of benzene rings is 2. The van der Waals surface area contributed by atoms with Gasteiger partial charge >= 0.3 is 0 Å². The van der Waals surface area contributed by atoms with E-state index in [9.17, 15) is 0 Å². The van der Waals surface area contributed by atoms with Gasteiger partial charge in [-0.05, 0) is 77.4 Å². The van der Waals surface area contributed by atoms with Crippen molar-refractivity contribution in [2.75, 3.05) is 6.54 Å². The minimum absolute atomic E-state index is 0.272. The predicted octanol–water partition coefficient (Wildman–Crippen LogP) is 5.99. The van der Waals surface area contributed by atoms with Crippen molar-refractivity contribution in [3.8, 4) is 0 Å². The van der Waals surface area contributed by atoms with Gasteiger partial charge in [0.15, 0.2) is 0 Å². The highest BCUT2D eigenvalue weighted by atomic mass is 127. The predicted molar refractivity (Wildman–Crippen MR) is 103 cm³/mol. The zero-order valence-electron chi connectivity index (χ0n) is 11.9. The molecule has 0 aromatic heterocycles. The molecule has 0 saturated carbocycles. The maximum Gasteiger partial charge on any atom is 0.0410 e. The number of nitrogens with one attached hydrogen (secondary N) is 1. The zero-order chi connectivity index (χ0) is 15.2. The van der Waals surface area contributed by atoms with Crippen molar-refractivity contribution in [3.05, 3.63) is 66.7 Å². The van der Waals surface area contributed by atoms with Crippen molar-refractivity contribution in [2.45, 2.75) is 25.8 Å². The molecule has 0 saturated heterocycles. The second-order valence-corrected chi connectivity index (χ2v) is 7.42. The third-order valence-electron chi connectivity index (χ3n) is 3.36. The van der Waals surface area contributed by atoms with Gasteiger partial charge in [0.2, 0.25) is 0 Å². The Morgan fingerprint density at radius 3 is 2.71 bits per heavy atom. The molecule has 1 unspecified atom stereocenters. The van der Waals surface area contributed by atoms with Gasteiger partial charge in [0.05, 0.1) is 0 Å². The summed E-state index contributed by atoms with van der Waals surface area (Å²) in [6.45, 7) is 3.18. The SMILES string of the molecule is CCCNC(Cc1ccccc1Br)c1cc(Cl)ccc1I. The van der Waals surface area contributed by atoms with Crippen LogP contribution >= 0.6 is 50.1 Å². The molecule has 0 radical (unpaired) electrons. The van der Waals surface area contributed by atoms with Gasteiger partial charge in [-0.2, -0.15) is 0 Å². The van der Waals surface area contributed by atoms with Gasteiger partial charge in [0, 0.05) is 19.1 Å². The van der Waals surface area contributed by atoms with Gasteiger partial charge < -0.3 is 5.32 Å². The van der Waals surface area contributed by atoms with Gasteiger partial charge in [0.1, 0.15) is 0 Å². The van der Waals surface area contributed by atoms with Crippen LogP contribution in [-0.2, 0) is 6.42 Å². The minimum atomic E-state index is 0.272. The maximum absolute atomic E-state index is 6.19. The van der Waals surface area contributed by atoms with E-state index in [0.717, 1.165) is 28.9 Å². The smallest absolute Gasteiger partial charge is 0.0410 e. The van der Waals surface area contributed by atoms with E-state index in [2.05, 4.69) is 81.1 Å². The monoisotopic (exact) mass is 477 g/mol. The first-order chi connectivity index (χ1) is 10.1. The van der Waals surface area contributed by atoms with Crippen LogP contribution in [0.25, 0.3) is 0 Å². The topological polar surface area (TPSA) is 12.0 Å². The van der Waals surface area contributed by atoms with Gasteiger partial charge in [-0.15, -0.1) is 0 Å². The van der Waals surface area contributed by atoms with E-state index in [1.165, 1.54) is 14.7 Å². The molecular formula is C17H18BrClIN. The van der Waals surface area contributed by atoms with Crippen LogP contribution in [0.1, 0.15) is 30.5 Å². The largest absolute Gasteiger partial charge is 0.310 e. The molecule has 0 aliphatic heterocycles. The molecule has 0 heterocycles. The molecular weight excluding hydrogens is 460 g/mol. The van der Waals surface area contributed by atoms with Crippen LogP contribution in [0.5, 0.6) is 0 Å². The molecule has 0 amide bonds. The summed E-state index contributed by atoms with van der Waals surface area (Å²) < 4.78 is 2.41. The third kappa shape index (κ3) is 4.95. The van der Waals surface area contributed by atoms with Crippen LogP contribution in [0.4, 0.5) is 0 Å². The summed E-state index contributed by atoms with van der Waals surface area (Å²) in [7, 11) is 0. The summed E-state index contributed by atoms with van der Waals surface area (Å²) in [4.78, 5) is 0.